The zero-order chi connectivity index (χ0) is 15.4. The number of carbonyl (C=O) groups is 1. The number of hydrogen-bond donors (Lipinski definition) is 3. The van der Waals surface area contributed by atoms with Gasteiger partial charge in [0.15, 0.2) is 0 Å². The molecule has 0 unspecified atom stereocenters. The van der Waals surface area contributed by atoms with Crippen molar-refractivity contribution in [2.24, 2.45) is 11.7 Å². The van der Waals surface area contributed by atoms with E-state index in [4.69, 9.17) is 16.1 Å². The molecule has 21 heavy (non-hydrogen) atoms. The molecule has 0 aliphatic heterocycles. The van der Waals surface area contributed by atoms with Gasteiger partial charge in [0.25, 0.3) is 0 Å². The van der Waals surface area contributed by atoms with E-state index < -0.39 is 11.8 Å². The number of furan rings is 1. The number of amides is 2. The smallest absolute Gasteiger partial charge is 0.350 e. The second-order valence-electron chi connectivity index (χ2n) is 3.99. The molecule has 2 rings (SSSR count). The third-order valence-corrected chi connectivity index (χ3v) is 3.29. The fraction of sp³-hybridized carbons (Fsp3) is 0. The molecular weight excluding hydrogens is 343 g/mol. The molecule has 2 amide bonds. The molecule has 0 aliphatic rings. The molecule has 110 valence electrons. The van der Waals surface area contributed by atoms with Crippen molar-refractivity contribution in [3.8, 4) is 0 Å². The quantitative estimate of drug-likeness (QED) is 0.448. The Morgan fingerprint density at radius 1 is 1.43 bits per heavy atom. The van der Waals surface area contributed by atoms with E-state index in [-0.39, 0.29) is 5.69 Å². The number of hydrogen-bond acceptors (Lipinski definition) is 4. The summed E-state index contributed by atoms with van der Waals surface area (Å²) in [6, 6.07) is 5.10. The van der Waals surface area contributed by atoms with Gasteiger partial charge in [-0.2, -0.15) is 0 Å². The zero-order valence-electron chi connectivity index (χ0n) is 10.7. The van der Waals surface area contributed by atoms with Crippen LogP contribution in [-0.4, -0.2) is 6.03 Å². The predicted molar refractivity (Wildman–Crippen MR) is 81.1 cm³/mol. The number of rotatable bonds is 3. The summed E-state index contributed by atoms with van der Waals surface area (Å²) in [6.07, 6.45) is 4.83. The number of hydrazine groups is 2. The van der Waals surface area contributed by atoms with Crippen molar-refractivity contribution in [3.63, 3.8) is 0 Å². The van der Waals surface area contributed by atoms with Crippen LogP contribution in [0.25, 0.3) is 12.2 Å². The van der Waals surface area contributed by atoms with Crippen molar-refractivity contribution >= 4 is 39.8 Å². The molecule has 5 N–H and O–H groups in total. The lowest BCUT2D eigenvalue weighted by atomic mass is 10.1. The Morgan fingerprint density at radius 2 is 2.19 bits per heavy atom. The van der Waals surface area contributed by atoms with Gasteiger partial charge in [-0.1, -0.05) is 0 Å². The van der Waals surface area contributed by atoms with Crippen molar-refractivity contribution < 1.29 is 13.6 Å². The van der Waals surface area contributed by atoms with Gasteiger partial charge in [-0.3, -0.25) is 5.43 Å². The molecule has 0 atom stereocenters. The van der Waals surface area contributed by atoms with Crippen molar-refractivity contribution in [3.05, 3.63) is 52.1 Å². The first kappa shape index (κ1) is 15.2. The lowest BCUT2D eigenvalue weighted by Crippen LogP contribution is -2.48. The highest BCUT2D eigenvalue weighted by Gasteiger charge is 2.17. The minimum absolute atomic E-state index is 0.146. The van der Waals surface area contributed by atoms with Gasteiger partial charge in [0.1, 0.15) is 11.6 Å². The maximum atomic E-state index is 13.5. The maximum Gasteiger partial charge on any atom is 0.350 e. The number of anilines is 1. The lowest BCUT2D eigenvalue weighted by Gasteiger charge is -2.19. The predicted octanol–water partition coefficient (Wildman–Crippen LogP) is 2.62. The highest BCUT2D eigenvalue weighted by molar-refractivity contribution is 9.10. The van der Waals surface area contributed by atoms with Crippen LogP contribution < -0.4 is 22.1 Å². The Balaban J connectivity index is 2.46. The van der Waals surface area contributed by atoms with Gasteiger partial charge in [0.2, 0.25) is 0 Å². The first-order valence-corrected chi connectivity index (χ1v) is 6.58. The van der Waals surface area contributed by atoms with Crippen LogP contribution in [0.5, 0.6) is 0 Å². The fourth-order valence-electron chi connectivity index (χ4n) is 1.67. The van der Waals surface area contributed by atoms with Crippen molar-refractivity contribution in [1.82, 2.24) is 5.43 Å². The van der Waals surface area contributed by atoms with E-state index in [9.17, 15) is 9.18 Å². The van der Waals surface area contributed by atoms with Gasteiger partial charge in [0, 0.05) is 10.0 Å². The van der Waals surface area contributed by atoms with Crippen molar-refractivity contribution in [1.29, 1.82) is 0 Å². The van der Waals surface area contributed by atoms with Crippen molar-refractivity contribution in [2.75, 3.05) is 5.01 Å². The monoisotopic (exact) mass is 354 g/mol. The Kier molecular flexibility index (Phi) is 4.73. The standard InChI is InChI=1S/C13H12BrFN4O2/c14-11-6-8(15)7-12(19(17)13(20)18-16)10(11)4-3-9-2-1-5-21-9/h1-7H,16-17H2,(H,18,20)/b4-3+. The van der Waals surface area contributed by atoms with Gasteiger partial charge in [-0.05, 0) is 52.3 Å². The number of nitrogens with two attached hydrogens (primary N) is 2. The van der Waals surface area contributed by atoms with Crippen LogP contribution in [0, 0.1) is 5.82 Å². The molecule has 1 aromatic heterocycles. The number of halogens is 2. The molecule has 0 fully saturated rings. The molecule has 2 aromatic rings. The van der Waals surface area contributed by atoms with Gasteiger partial charge < -0.3 is 4.42 Å². The molecule has 0 bridgehead atoms. The van der Waals surface area contributed by atoms with Gasteiger partial charge >= 0.3 is 6.03 Å². The van der Waals surface area contributed by atoms with Crippen LogP contribution >= 0.6 is 15.9 Å². The number of nitrogens with zero attached hydrogens (tertiary/aromatic N) is 1. The second kappa shape index (κ2) is 6.53. The van der Waals surface area contributed by atoms with Gasteiger partial charge in [-0.15, -0.1) is 0 Å². The Hall–Kier alpha value is -2.16. The van der Waals surface area contributed by atoms with E-state index in [1.807, 2.05) is 5.43 Å². The Morgan fingerprint density at radius 3 is 2.81 bits per heavy atom. The molecule has 1 aromatic carbocycles. The summed E-state index contributed by atoms with van der Waals surface area (Å²) in [7, 11) is 0. The highest BCUT2D eigenvalue weighted by Crippen LogP contribution is 2.30. The van der Waals surface area contributed by atoms with Crippen LogP contribution in [0.2, 0.25) is 0 Å². The minimum Gasteiger partial charge on any atom is -0.465 e. The minimum atomic E-state index is -0.778. The third-order valence-electron chi connectivity index (χ3n) is 2.63. The average molecular weight is 355 g/mol. The topological polar surface area (TPSA) is 97.5 Å². The average Bonchev–Trinajstić information content (AvgIpc) is 2.97. The second-order valence-corrected chi connectivity index (χ2v) is 4.84. The SMILES string of the molecule is NNC(=O)N(N)c1cc(F)cc(Br)c1/C=C/c1ccco1. The normalized spacial score (nSPS) is 10.9. The first-order chi connectivity index (χ1) is 10.0. The van der Waals surface area contributed by atoms with Crippen LogP contribution in [-0.2, 0) is 0 Å². The summed E-state index contributed by atoms with van der Waals surface area (Å²) < 4.78 is 19.1. The number of benzene rings is 1. The molecule has 6 nitrogen and oxygen atoms in total. The summed E-state index contributed by atoms with van der Waals surface area (Å²) in [5.41, 5.74) is 2.53. The molecule has 0 radical (unpaired) electrons. The molecule has 0 aliphatic carbocycles. The van der Waals surface area contributed by atoms with Crippen molar-refractivity contribution in [2.45, 2.75) is 0 Å². The van der Waals surface area contributed by atoms with Crippen LogP contribution in [0.15, 0.2) is 39.4 Å². The first-order valence-electron chi connectivity index (χ1n) is 5.79. The summed E-state index contributed by atoms with van der Waals surface area (Å²) in [4.78, 5) is 11.5. The summed E-state index contributed by atoms with van der Waals surface area (Å²) in [5.74, 6) is 10.7. The van der Waals surface area contributed by atoms with Gasteiger partial charge in [-0.25, -0.2) is 25.9 Å². The van der Waals surface area contributed by atoms with E-state index in [1.165, 1.54) is 12.3 Å². The van der Waals surface area contributed by atoms with E-state index >= 15 is 0 Å². The van der Waals surface area contributed by atoms with Crippen LogP contribution in [0.4, 0.5) is 14.9 Å². The molecular formula is C13H12BrFN4O2. The molecule has 0 spiro atoms. The Labute approximate surface area is 128 Å². The molecule has 8 heteroatoms. The van der Waals surface area contributed by atoms with E-state index in [2.05, 4.69) is 15.9 Å². The summed E-state index contributed by atoms with van der Waals surface area (Å²) in [5, 5.41) is 0.718. The van der Waals surface area contributed by atoms with E-state index in [1.54, 1.807) is 24.3 Å². The number of nitrogens with one attached hydrogen (secondary N) is 1. The Bertz CT molecular complexity index is 673. The van der Waals surface area contributed by atoms with Gasteiger partial charge in [0.05, 0.1) is 12.0 Å². The summed E-state index contributed by atoms with van der Waals surface area (Å²) >= 11 is 3.23. The van der Waals surface area contributed by atoms with E-state index in [0.717, 1.165) is 11.1 Å². The zero-order valence-corrected chi connectivity index (χ0v) is 12.3. The third kappa shape index (κ3) is 3.48. The van der Waals surface area contributed by atoms with Crippen LogP contribution in [0.3, 0.4) is 0 Å². The fourth-order valence-corrected chi connectivity index (χ4v) is 2.22. The van der Waals surface area contributed by atoms with Crippen LogP contribution in [0.1, 0.15) is 11.3 Å². The highest BCUT2D eigenvalue weighted by atomic mass is 79.9. The summed E-state index contributed by atoms with van der Waals surface area (Å²) in [6.45, 7) is 0. The maximum absolute atomic E-state index is 13.5. The van der Waals surface area contributed by atoms with E-state index in [0.29, 0.717) is 15.8 Å². The number of urea groups is 1. The number of carbonyl (C=O) groups excluding carboxylic acids is 1. The molecule has 0 saturated heterocycles. The molecule has 1 heterocycles. The molecule has 0 saturated carbocycles. The lowest BCUT2D eigenvalue weighted by molar-refractivity contribution is 0.246. The largest absolute Gasteiger partial charge is 0.465 e.